The van der Waals surface area contributed by atoms with Gasteiger partial charge >= 0.3 is 6.03 Å². The van der Waals surface area contributed by atoms with E-state index in [-0.39, 0.29) is 18.1 Å². The molecule has 0 spiro atoms. The van der Waals surface area contributed by atoms with Crippen molar-refractivity contribution in [2.24, 2.45) is 0 Å². The van der Waals surface area contributed by atoms with Crippen molar-refractivity contribution in [3.8, 4) is 0 Å². The van der Waals surface area contributed by atoms with E-state index in [0.717, 1.165) is 13.1 Å². The summed E-state index contributed by atoms with van der Waals surface area (Å²) in [6.07, 6.45) is 0. The van der Waals surface area contributed by atoms with Crippen molar-refractivity contribution < 1.29 is 4.79 Å². The van der Waals surface area contributed by atoms with E-state index in [1.165, 1.54) is 21.9 Å². The second-order valence-corrected chi connectivity index (χ2v) is 5.54. The summed E-state index contributed by atoms with van der Waals surface area (Å²) in [5, 5.41) is 2.64. The van der Waals surface area contributed by atoms with E-state index in [0.29, 0.717) is 0 Å². The summed E-state index contributed by atoms with van der Waals surface area (Å²) in [5.41, 5.74) is 2.63. The van der Waals surface area contributed by atoms with Gasteiger partial charge in [-0.25, -0.2) is 4.79 Å². The van der Waals surface area contributed by atoms with Crippen LogP contribution in [0.25, 0.3) is 10.8 Å². The van der Waals surface area contributed by atoms with Crippen LogP contribution < -0.4 is 0 Å². The first kappa shape index (κ1) is 18.3. The Balaban J connectivity index is 0.000000487. The number of likely N-dealkylation sites (N-methyl/N-ethyl adjacent to an activating group) is 2. The molecule has 0 radical (unpaired) electrons. The third-order valence-electron chi connectivity index (χ3n) is 4.75. The van der Waals surface area contributed by atoms with E-state index in [1.54, 1.807) is 0 Å². The fraction of sp³-hybridized carbons (Fsp3) is 0.476. The molecule has 4 rings (SSSR count). The lowest BCUT2D eigenvalue weighted by molar-refractivity contribution is 0.188. The van der Waals surface area contributed by atoms with Gasteiger partial charge in [-0.1, -0.05) is 64.1 Å². The van der Waals surface area contributed by atoms with E-state index < -0.39 is 0 Å². The Morgan fingerprint density at radius 3 is 1.58 bits per heavy atom. The van der Waals surface area contributed by atoms with Crippen LogP contribution in [0.2, 0.25) is 0 Å². The minimum absolute atomic E-state index is 0.177. The van der Waals surface area contributed by atoms with E-state index >= 15 is 0 Å². The largest absolute Gasteiger partial charge is 0.321 e. The predicted molar refractivity (Wildman–Crippen MR) is 102 cm³/mol. The van der Waals surface area contributed by atoms with E-state index in [1.807, 2.05) is 37.5 Å². The van der Waals surface area contributed by atoms with Gasteiger partial charge in [0.2, 0.25) is 0 Å². The van der Waals surface area contributed by atoms with Crippen LogP contribution >= 0.6 is 0 Å². The van der Waals surface area contributed by atoms with E-state index in [4.69, 9.17) is 0 Å². The third-order valence-corrected chi connectivity index (χ3v) is 4.75. The molecule has 2 aromatic carbocycles. The van der Waals surface area contributed by atoms with Crippen molar-refractivity contribution in [2.45, 2.75) is 53.6 Å². The monoisotopic (exact) mass is 326 g/mol. The zero-order valence-corrected chi connectivity index (χ0v) is 15.8. The summed E-state index contributed by atoms with van der Waals surface area (Å²) in [5.74, 6) is 0. The second-order valence-electron chi connectivity index (χ2n) is 5.54. The number of hydrogen-bond donors (Lipinski definition) is 0. The zero-order chi connectivity index (χ0) is 17.9. The van der Waals surface area contributed by atoms with Gasteiger partial charge < -0.3 is 9.80 Å². The van der Waals surface area contributed by atoms with Crippen LogP contribution in [0.1, 0.15) is 64.8 Å². The molecule has 0 aromatic heterocycles. The normalized spacial score (nSPS) is 20.3. The fourth-order valence-electron chi connectivity index (χ4n) is 3.98. The van der Waals surface area contributed by atoms with Gasteiger partial charge in [0.25, 0.3) is 0 Å². The standard InChI is InChI=1S/C17H18N2O.2C2H6/c1-3-18-15-12-9-5-7-11-8-6-10-13(14(11)12)16(15)19(4-2)17(18)20;2*1-2/h5-10,15-16H,3-4H2,1-2H3;2*1-2H3. The number of amides is 2. The van der Waals surface area contributed by atoms with Gasteiger partial charge in [-0.05, 0) is 35.7 Å². The van der Waals surface area contributed by atoms with Crippen LogP contribution in [0.5, 0.6) is 0 Å². The molecule has 2 amide bonds. The van der Waals surface area contributed by atoms with Gasteiger partial charge in [0.05, 0.1) is 12.1 Å². The Hall–Kier alpha value is -2.03. The minimum Gasteiger partial charge on any atom is -0.315 e. The highest BCUT2D eigenvalue weighted by atomic mass is 16.2. The smallest absolute Gasteiger partial charge is 0.315 e. The molecule has 2 unspecified atom stereocenters. The van der Waals surface area contributed by atoms with Crippen LogP contribution in [0.3, 0.4) is 0 Å². The number of urea groups is 1. The Bertz CT molecular complexity index is 655. The second kappa shape index (κ2) is 7.69. The molecule has 0 N–H and O–H groups in total. The number of benzene rings is 2. The third kappa shape index (κ3) is 2.47. The van der Waals surface area contributed by atoms with Gasteiger partial charge in [0, 0.05) is 13.1 Å². The number of nitrogens with zero attached hydrogens (tertiary/aromatic N) is 2. The van der Waals surface area contributed by atoms with Crippen molar-refractivity contribution in [3.05, 3.63) is 47.5 Å². The molecule has 130 valence electrons. The lowest BCUT2D eigenvalue weighted by Gasteiger charge is -2.21. The first-order chi connectivity index (χ1) is 11.8. The van der Waals surface area contributed by atoms with Crippen molar-refractivity contribution in [1.29, 1.82) is 0 Å². The van der Waals surface area contributed by atoms with Crippen molar-refractivity contribution in [3.63, 3.8) is 0 Å². The Morgan fingerprint density at radius 1 is 0.792 bits per heavy atom. The molecule has 2 aliphatic rings. The number of fused-ring (bicyclic) bond motifs is 3. The van der Waals surface area contributed by atoms with Crippen molar-refractivity contribution >= 4 is 16.8 Å². The molecule has 0 saturated carbocycles. The van der Waals surface area contributed by atoms with Crippen LogP contribution in [0, 0.1) is 0 Å². The minimum atomic E-state index is 0.177. The van der Waals surface area contributed by atoms with E-state index in [2.05, 4.69) is 50.2 Å². The Morgan fingerprint density at radius 2 is 1.21 bits per heavy atom. The average Bonchev–Trinajstić information content (AvgIpc) is 3.12. The number of carbonyl (C=O) groups excluding carboxylic acids is 1. The zero-order valence-electron chi connectivity index (χ0n) is 15.8. The number of rotatable bonds is 2. The van der Waals surface area contributed by atoms with Gasteiger partial charge in [-0.3, -0.25) is 0 Å². The maximum atomic E-state index is 12.6. The molecule has 1 aliphatic heterocycles. The lowest BCUT2D eigenvalue weighted by atomic mass is 10.0. The lowest BCUT2D eigenvalue weighted by Crippen LogP contribution is -2.33. The van der Waals surface area contributed by atoms with Crippen LogP contribution in [0.15, 0.2) is 36.4 Å². The fourth-order valence-corrected chi connectivity index (χ4v) is 3.98. The quantitative estimate of drug-likeness (QED) is 0.687. The molecule has 1 heterocycles. The highest BCUT2D eigenvalue weighted by Gasteiger charge is 2.50. The number of hydrogen-bond acceptors (Lipinski definition) is 1. The van der Waals surface area contributed by atoms with Crippen LogP contribution in [0.4, 0.5) is 4.79 Å². The van der Waals surface area contributed by atoms with Gasteiger partial charge in [-0.2, -0.15) is 0 Å². The average molecular weight is 326 g/mol. The van der Waals surface area contributed by atoms with Gasteiger partial charge in [-0.15, -0.1) is 0 Å². The SMILES string of the molecule is CC.CC.CCN1C(=O)N(CC)C2c3cccc4cccc(c34)C21. The molecule has 3 heteroatoms. The van der Waals surface area contributed by atoms with Crippen LogP contribution in [-0.4, -0.2) is 28.9 Å². The maximum absolute atomic E-state index is 12.6. The Kier molecular flexibility index (Phi) is 5.87. The molecular formula is C21H30N2O. The molecule has 1 aliphatic carbocycles. The molecule has 2 atom stereocenters. The van der Waals surface area contributed by atoms with Crippen LogP contribution in [-0.2, 0) is 0 Å². The van der Waals surface area contributed by atoms with E-state index in [9.17, 15) is 4.79 Å². The summed E-state index contributed by atoms with van der Waals surface area (Å²) < 4.78 is 0. The number of carbonyl (C=O) groups is 1. The first-order valence-corrected chi connectivity index (χ1v) is 9.36. The van der Waals surface area contributed by atoms with Crippen molar-refractivity contribution in [1.82, 2.24) is 9.80 Å². The Labute approximate surface area is 146 Å². The summed E-state index contributed by atoms with van der Waals surface area (Å²) in [7, 11) is 0. The molecule has 2 aromatic rings. The highest BCUT2D eigenvalue weighted by Crippen LogP contribution is 2.53. The molecule has 1 fully saturated rings. The summed E-state index contributed by atoms with van der Waals surface area (Å²) in [4.78, 5) is 16.6. The summed E-state index contributed by atoms with van der Waals surface area (Å²) in [6, 6.07) is 13.5. The molecule has 1 saturated heterocycles. The molecule has 3 nitrogen and oxygen atoms in total. The summed E-state index contributed by atoms with van der Waals surface area (Å²) >= 11 is 0. The maximum Gasteiger partial charge on any atom is 0.321 e. The van der Waals surface area contributed by atoms with Crippen molar-refractivity contribution in [2.75, 3.05) is 13.1 Å². The topological polar surface area (TPSA) is 23.6 Å². The predicted octanol–water partition coefficient (Wildman–Crippen LogP) is 5.77. The highest BCUT2D eigenvalue weighted by molar-refractivity contribution is 5.95. The summed E-state index contributed by atoms with van der Waals surface area (Å²) in [6.45, 7) is 13.7. The molecular weight excluding hydrogens is 296 g/mol. The molecule has 24 heavy (non-hydrogen) atoms. The molecule has 0 bridgehead atoms. The van der Waals surface area contributed by atoms with Gasteiger partial charge in [0.1, 0.15) is 0 Å². The first-order valence-electron chi connectivity index (χ1n) is 9.36. The van der Waals surface area contributed by atoms with Gasteiger partial charge in [0.15, 0.2) is 0 Å².